The fourth-order valence-corrected chi connectivity index (χ4v) is 2.25. The molecule has 0 aliphatic carbocycles. The van der Waals surface area contributed by atoms with E-state index >= 15 is 0 Å². The Morgan fingerprint density at radius 2 is 1.50 bits per heavy atom. The third-order valence-electron chi connectivity index (χ3n) is 3.61. The Labute approximate surface area is 130 Å². The van der Waals surface area contributed by atoms with Gasteiger partial charge < -0.3 is 10.2 Å². The zero-order valence-electron chi connectivity index (χ0n) is 13.0. The quantitative estimate of drug-likeness (QED) is 0.716. The van der Waals surface area contributed by atoms with E-state index in [2.05, 4.69) is 43.1 Å². The molecule has 0 saturated carbocycles. The summed E-state index contributed by atoms with van der Waals surface area (Å²) in [7, 11) is 0. The Bertz CT molecular complexity index is 783. The number of nitrogens with zero attached hydrogens (tertiary/aromatic N) is 2. The van der Waals surface area contributed by atoms with Gasteiger partial charge in [-0.05, 0) is 35.2 Å². The summed E-state index contributed by atoms with van der Waals surface area (Å²) in [4.78, 5) is 0. The SMILES string of the molecule is CC(C)(C)c1ccc(-c2nnc(-c3ccccc3N)o2)cc1. The summed E-state index contributed by atoms with van der Waals surface area (Å²) < 4.78 is 5.76. The molecular weight excluding hydrogens is 274 g/mol. The lowest BCUT2D eigenvalue weighted by Crippen LogP contribution is -2.10. The number of hydrogen-bond acceptors (Lipinski definition) is 4. The smallest absolute Gasteiger partial charge is 0.250 e. The minimum absolute atomic E-state index is 0.122. The van der Waals surface area contributed by atoms with Gasteiger partial charge in [0.1, 0.15) is 0 Å². The molecule has 0 aliphatic heterocycles. The highest BCUT2D eigenvalue weighted by atomic mass is 16.4. The van der Waals surface area contributed by atoms with Gasteiger partial charge in [-0.1, -0.05) is 45.0 Å². The van der Waals surface area contributed by atoms with E-state index in [0.717, 1.165) is 11.1 Å². The predicted molar refractivity (Wildman–Crippen MR) is 88.3 cm³/mol. The van der Waals surface area contributed by atoms with Gasteiger partial charge in [0.15, 0.2) is 0 Å². The molecule has 112 valence electrons. The zero-order valence-corrected chi connectivity index (χ0v) is 13.0. The molecule has 4 heteroatoms. The average molecular weight is 293 g/mol. The maximum atomic E-state index is 5.94. The van der Waals surface area contributed by atoms with Crippen LogP contribution in [0, 0.1) is 0 Å². The van der Waals surface area contributed by atoms with Gasteiger partial charge in [-0.3, -0.25) is 0 Å². The number of anilines is 1. The molecule has 0 radical (unpaired) electrons. The maximum absolute atomic E-state index is 5.94. The fourth-order valence-electron chi connectivity index (χ4n) is 2.25. The van der Waals surface area contributed by atoms with E-state index in [4.69, 9.17) is 10.2 Å². The van der Waals surface area contributed by atoms with Crippen LogP contribution in [-0.2, 0) is 5.41 Å². The van der Waals surface area contributed by atoms with Gasteiger partial charge in [-0.15, -0.1) is 10.2 Å². The molecule has 0 fully saturated rings. The van der Waals surface area contributed by atoms with Crippen LogP contribution in [-0.4, -0.2) is 10.2 Å². The Hall–Kier alpha value is -2.62. The van der Waals surface area contributed by atoms with E-state index in [1.807, 2.05) is 36.4 Å². The number of para-hydroxylation sites is 1. The van der Waals surface area contributed by atoms with Gasteiger partial charge in [-0.25, -0.2) is 0 Å². The van der Waals surface area contributed by atoms with Crippen molar-refractivity contribution in [2.45, 2.75) is 26.2 Å². The van der Waals surface area contributed by atoms with Gasteiger partial charge in [0.2, 0.25) is 11.8 Å². The predicted octanol–water partition coefficient (Wildman–Crippen LogP) is 4.28. The van der Waals surface area contributed by atoms with Gasteiger partial charge in [0.05, 0.1) is 5.56 Å². The van der Waals surface area contributed by atoms with Crippen molar-refractivity contribution in [3.63, 3.8) is 0 Å². The molecule has 0 amide bonds. The second kappa shape index (κ2) is 5.30. The van der Waals surface area contributed by atoms with Crippen LogP contribution in [0.4, 0.5) is 5.69 Å². The van der Waals surface area contributed by atoms with E-state index in [0.29, 0.717) is 17.5 Å². The van der Waals surface area contributed by atoms with Crippen molar-refractivity contribution in [2.24, 2.45) is 0 Å². The van der Waals surface area contributed by atoms with Gasteiger partial charge in [-0.2, -0.15) is 0 Å². The van der Waals surface area contributed by atoms with Gasteiger partial charge in [0.25, 0.3) is 0 Å². The van der Waals surface area contributed by atoms with Crippen LogP contribution < -0.4 is 5.73 Å². The molecule has 0 aliphatic rings. The molecule has 0 unspecified atom stereocenters. The van der Waals surface area contributed by atoms with E-state index in [1.165, 1.54) is 5.56 Å². The summed E-state index contributed by atoms with van der Waals surface area (Å²) in [6.07, 6.45) is 0. The highest BCUT2D eigenvalue weighted by molar-refractivity contribution is 5.70. The van der Waals surface area contributed by atoms with E-state index in [9.17, 15) is 0 Å². The summed E-state index contributed by atoms with van der Waals surface area (Å²) in [5.74, 6) is 0.937. The van der Waals surface area contributed by atoms with E-state index in [1.54, 1.807) is 0 Å². The molecule has 2 N–H and O–H groups in total. The normalized spacial score (nSPS) is 11.6. The summed E-state index contributed by atoms with van der Waals surface area (Å²) in [6.45, 7) is 6.56. The molecule has 0 bridgehead atoms. The number of benzene rings is 2. The maximum Gasteiger partial charge on any atom is 0.250 e. The van der Waals surface area contributed by atoms with Crippen molar-refractivity contribution in [3.05, 3.63) is 54.1 Å². The summed E-state index contributed by atoms with van der Waals surface area (Å²) in [6, 6.07) is 15.7. The summed E-state index contributed by atoms with van der Waals surface area (Å²) in [5.41, 5.74) is 9.62. The van der Waals surface area contributed by atoms with Crippen LogP contribution in [0.15, 0.2) is 52.9 Å². The molecule has 4 nitrogen and oxygen atoms in total. The molecule has 2 aromatic carbocycles. The molecule has 0 spiro atoms. The number of hydrogen-bond donors (Lipinski definition) is 1. The van der Waals surface area contributed by atoms with Gasteiger partial charge >= 0.3 is 0 Å². The molecule has 1 heterocycles. The topological polar surface area (TPSA) is 64.9 Å². The zero-order chi connectivity index (χ0) is 15.7. The van der Waals surface area contributed by atoms with E-state index in [-0.39, 0.29) is 5.41 Å². The van der Waals surface area contributed by atoms with E-state index < -0.39 is 0 Å². The van der Waals surface area contributed by atoms with Crippen molar-refractivity contribution in [2.75, 3.05) is 5.73 Å². The lowest BCUT2D eigenvalue weighted by molar-refractivity contribution is 0.582. The molecule has 3 rings (SSSR count). The average Bonchev–Trinajstić information content (AvgIpc) is 2.96. The summed E-state index contributed by atoms with van der Waals surface area (Å²) >= 11 is 0. The first-order valence-electron chi connectivity index (χ1n) is 7.24. The Kier molecular flexibility index (Phi) is 3.45. The molecule has 0 atom stereocenters. The standard InChI is InChI=1S/C18H19N3O/c1-18(2,3)13-10-8-12(9-11-13)16-20-21-17(22-16)14-6-4-5-7-15(14)19/h4-11H,19H2,1-3H3. The largest absolute Gasteiger partial charge is 0.416 e. The number of nitrogens with two attached hydrogens (primary N) is 1. The lowest BCUT2D eigenvalue weighted by Gasteiger charge is -2.18. The van der Waals surface area contributed by atoms with Crippen molar-refractivity contribution in [1.82, 2.24) is 10.2 Å². The third-order valence-corrected chi connectivity index (χ3v) is 3.61. The van der Waals surface area contributed by atoms with Crippen molar-refractivity contribution < 1.29 is 4.42 Å². The van der Waals surface area contributed by atoms with Crippen molar-refractivity contribution >= 4 is 5.69 Å². The Balaban J connectivity index is 1.93. The molecule has 1 aromatic heterocycles. The fraction of sp³-hybridized carbons (Fsp3) is 0.222. The van der Waals surface area contributed by atoms with Crippen molar-refractivity contribution in [3.8, 4) is 22.9 Å². The highest BCUT2D eigenvalue weighted by Crippen LogP contribution is 2.29. The molecule has 0 saturated heterocycles. The third kappa shape index (κ3) is 2.72. The van der Waals surface area contributed by atoms with Crippen LogP contribution in [0.5, 0.6) is 0 Å². The first kappa shape index (κ1) is 14.3. The molecular formula is C18H19N3O. The van der Waals surface area contributed by atoms with Crippen LogP contribution >= 0.6 is 0 Å². The second-order valence-corrected chi connectivity index (χ2v) is 6.33. The Morgan fingerprint density at radius 1 is 0.864 bits per heavy atom. The van der Waals surface area contributed by atoms with Gasteiger partial charge in [0, 0.05) is 11.3 Å². The first-order valence-corrected chi connectivity index (χ1v) is 7.24. The van der Waals surface area contributed by atoms with Crippen LogP contribution in [0.3, 0.4) is 0 Å². The van der Waals surface area contributed by atoms with Crippen molar-refractivity contribution in [1.29, 1.82) is 0 Å². The number of rotatable bonds is 2. The molecule has 3 aromatic rings. The lowest BCUT2D eigenvalue weighted by atomic mass is 9.87. The first-order chi connectivity index (χ1) is 10.4. The monoisotopic (exact) mass is 293 g/mol. The summed E-state index contributed by atoms with van der Waals surface area (Å²) in [5, 5.41) is 8.22. The van der Waals surface area contributed by atoms with Crippen LogP contribution in [0.25, 0.3) is 22.9 Å². The minimum atomic E-state index is 0.122. The number of aromatic nitrogens is 2. The number of nitrogen functional groups attached to an aromatic ring is 1. The minimum Gasteiger partial charge on any atom is -0.416 e. The Morgan fingerprint density at radius 3 is 2.14 bits per heavy atom. The molecule has 22 heavy (non-hydrogen) atoms. The van der Waals surface area contributed by atoms with Crippen LogP contribution in [0.1, 0.15) is 26.3 Å². The second-order valence-electron chi connectivity index (χ2n) is 6.33. The van der Waals surface area contributed by atoms with Crippen LogP contribution in [0.2, 0.25) is 0 Å². The highest BCUT2D eigenvalue weighted by Gasteiger charge is 2.15.